The molecule has 0 atom stereocenters. The number of aromatic nitrogens is 4. The number of amides is 1. The van der Waals surface area contributed by atoms with E-state index < -0.39 is 12.9 Å². The Morgan fingerprint density at radius 1 is 1.38 bits per heavy atom. The van der Waals surface area contributed by atoms with Gasteiger partial charge in [0.05, 0.1) is 30.6 Å². The highest BCUT2D eigenvalue weighted by atomic mass is 35.5. The summed E-state index contributed by atoms with van der Waals surface area (Å²) in [4.78, 5) is 20.7. The summed E-state index contributed by atoms with van der Waals surface area (Å²) in [5.41, 5.74) is 1.04. The second-order valence-corrected chi connectivity index (χ2v) is 6.28. The number of methoxy groups -OCH3 is 1. The van der Waals surface area contributed by atoms with Gasteiger partial charge in [0.1, 0.15) is 10.7 Å². The fourth-order valence-electron chi connectivity index (χ4n) is 2.80. The van der Waals surface area contributed by atoms with Crippen molar-refractivity contribution in [1.29, 1.82) is 0 Å². The van der Waals surface area contributed by atoms with Gasteiger partial charge in [-0.05, 0) is 18.9 Å². The van der Waals surface area contributed by atoms with Crippen LogP contribution in [0.2, 0.25) is 5.15 Å². The zero-order valence-electron chi connectivity index (χ0n) is 16.8. The zero-order valence-corrected chi connectivity index (χ0v) is 14.5. The number of nitrogens with one attached hydrogen (secondary N) is 2. The largest absolute Gasteiger partial charge is 0.491 e. The van der Waals surface area contributed by atoms with Gasteiger partial charge in [-0.25, -0.2) is 9.97 Å². The number of hydrogen-bond donors (Lipinski definition) is 2. The summed E-state index contributed by atoms with van der Waals surface area (Å²) < 4.78 is 29.2. The topological polar surface area (TPSA) is 94.0 Å². The third kappa shape index (κ3) is 2.82. The Bertz CT molecular complexity index is 1100. The van der Waals surface area contributed by atoms with Crippen LogP contribution in [-0.2, 0) is 0 Å². The number of rotatable bonds is 5. The summed E-state index contributed by atoms with van der Waals surface area (Å²) in [7, 11) is 1.52. The molecule has 8 nitrogen and oxygen atoms in total. The van der Waals surface area contributed by atoms with Crippen LogP contribution in [0.4, 0.5) is 11.5 Å². The molecule has 134 valence electrons. The Hall–Kier alpha value is -2.87. The van der Waals surface area contributed by atoms with Gasteiger partial charge < -0.3 is 15.4 Å². The lowest BCUT2D eigenvalue weighted by Crippen LogP contribution is -2.19. The van der Waals surface area contributed by atoms with Crippen LogP contribution in [0.15, 0.2) is 24.7 Å². The predicted octanol–water partition coefficient (Wildman–Crippen LogP) is 2.93. The van der Waals surface area contributed by atoms with Gasteiger partial charge in [0.15, 0.2) is 11.6 Å². The van der Waals surface area contributed by atoms with Gasteiger partial charge in [0.2, 0.25) is 0 Å². The highest BCUT2D eigenvalue weighted by molar-refractivity contribution is 6.29. The van der Waals surface area contributed by atoms with Crippen LogP contribution < -0.4 is 15.4 Å². The Labute approximate surface area is 158 Å². The molecule has 2 N–H and O–H groups in total. The Kier molecular flexibility index (Phi) is 3.31. The molecule has 0 aliphatic heterocycles. The number of halogens is 1. The standard InChI is InChI=1S/C17H17ClN6O2/c1-19-17(25)11-8-20-13(18)5-12(11)23-16-15(26-2)14-9(6-21-16)7-22-24(14)10-3-4-10/h5-8,10H,3-4H2,1-2H3,(H,19,25)(H,20,21,23)/i1D3. The lowest BCUT2D eigenvalue weighted by molar-refractivity contribution is 0.0963. The minimum atomic E-state index is -2.64. The highest BCUT2D eigenvalue weighted by Gasteiger charge is 2.28. The molecular weight excluding hydrogens is 356 g/mol. The van der Waals surface area contributed by atoms with E-state index in [1.807, 2.05) is 10.00 Å². The average Bonchev–Trinajstić information content (AvgIpc) is 3.39. The van der Waals surface area contributed by atoms with Crippen LogP contribution >= 0.6 is 11.6 Å². The van der Waals surface area contributed by atoms with Gasteiger partial charge in [-0.3, -0.25) is 9.48 Å². The number of carbonyl (C=O) groups excluding carboxylic acids is 1. The van der Waals surface area contributed by atoms with E-state index in [-0.39, 0.29) is 16.4 Å². The Morgan fingerprint density at radius 3 is 2.96 bits per heavy atom. The average molecular weight is 376 g/mol. The number of anilines is 2. The summed E-state index contributed by atoms with van der Waals surface area (Å²) in [6.45, 7) is -2.64. The van der Waals surface area contributed by atoms with Gasteiger partial charge in [-0.15, -0.1) is 0 Å². The van der Waals surface area contributed by atoms with Crippen LogP contribution in [0, 0.1) is 0 Å². The van der Waals surface area contributed by atoms with Crippen molar-refractivity contribution in [3.8, 4) is 5.75 Å². The fourth-order valence-corrected chi connectivity index (χ4v) is 2.96. The minimum Gasteiger partial charge on any atom is -0.491 e. The second-order valence-electron chi connectivity index (χ2n) is 5.90. The first kappa shape index (κ1) is 13.3. The van der Waals surface area contributed by atoms with Crippen molar-refractivity contribution in [2.75, 3.05) is 19.4 Å². The van der Waals surface area contributed by atoms with Gasteiger partial charge in [-0.2, -0.15) is 5.10 Å². The summed E-state index contributed by atoms with van der Waals surface area (Å²) in [5, 5.41) is 10.3. The lowest BCUT2D eigenvalue weighted by Gasteiger charge is -2.14. The number of pyridine rings is 2. The first-order valence-electron chi connectivity index (χ1n) is 9.42. The van der Waals surface area contributed by atoms with Crippen molar-refractivity contribution < 1.29 is 13.6 Å². The van der Waals surface area contributed by atoms with Crippen LogP contribution in [-0.4, -0.2) is 39.7 Å². The molecule has 0 spiro atoms. The van der Waals surface area contributed by atoms with E-state index in [2.05, 4.69) is 20.4 Å². The molecule has 1 fully saturated rings. The second kappa shape index (κ2) is 6.45. The number of hydrogen-bond acceptors (Lipinski definition) is 6. The van der Waals surface area contributed by atoms with Gasteiger partial charge in [0.25, 0.3) is 5.91 Å². The number of nitrogens with zero attached hydrogens (tertiary/aromatic N) is 4. The lowest BCUT2D eigenvalue weighted by atomic mass is 10.2. The van der Waals surface area contributed by atoms with Crippen LogP contribution in [0.3, 0.4) is 0 Å². The third-order valence-electron chi connectivity index (χ3n) is 4.17. The molecule has 0 unspecified atom stereocenters. The molecule has 1 amide bonds. The Balaban J connectivity index is 1.76. The van der Waals surface area contributed by atoms with Crippen molar-refractivity contribution in [1.82, 2.24) is 25.1 Å². The van der Waals surface area contributed by atoms with Crippen molar-refractivity contribution >= 4 is 39.9 Å². The van der Waals surface area contributed by atoms with E-state index in [0.29, 0.717) is 17.6 Å². The van der Waals surface area contributed by atoms with E-state index >= 15 is 0 Å². The van der Waals surface area contributed by atoms with Crippen molar-refractivity contribution in [3.63, 3.8) is 0 Å². The zero-order chi connectivity index (χ0) is 20.8. The smallest absolute Gasteiger partial charge is 0.254 e. The third-order valence-corrected chi connectivity index (χ3v) is 4.37. The molecule has 0 bridgehead atoms. The molecule has 0 aromatic carbocycles. The molecule has 4 rings (SSSR count). The Morgan fingerprint density at radius 2 is 2.23 bits per heavy atom. The van der Waals surface area contributed by atoms with Gasteiger partial charge in [-0.1, -0.05) is 11.6 Å². The van der Waals surface area contributed by atoms with Gasteiger partial charge in [0, 0.05) is 28.9 Å². The van der Waals surface area contributed by atoms with E-state index in [4.69, 9.17) is 20.5 Å². The van der Waals surface area contributed by atoms with Gasteiger partial charge >= 0.3 is 0 Å². The van der Waals surface area contributed by atoms with Crippen molar-refractivity contribution in [2.45, 2.75) is 18.9 Å². The molecule has 3 heterocycles. The van der Waals surface area contributed by atoms with Crippen molar-refractivity contribution in [2.24, 2.45) is 0 Å². The predicted molar refractivity (Wildman–Crippen MR) is 98.3 cm³/mol. The molecule has 1 saturated carbocycles. The maximum atomic E-state index is 12.4. The van der Waals surface area contributed by atoms with Crippen LogP contribution in [0.1, 0.15) is 33.4 Å². The monoisotopic (exact) mass is 375 g/mol. The maximum absolute atomic E-state index is 12.4. The number of carbonyl (C=O) groups is 1. The first-order valence-corrected chi connectivity index (χ1v) is 8.30. The molecule has 9 heteroatoms. The molecule has 0 radical (unpaired) electrons. The number of fused-ring (bicyclic) bond motifs is 1. The molecular formula is C17H17ClN6O2. The highest BCUT2D eigenvalue weighted by Crippen LogP contribution is 2.41. The van der Waals surface area contributed by atoms with Crippen LogP contribution in [0.25, 0.3) is 10.9 Å². The quantitative estimate of drug-likeness (QED) is 0.666. The molecule has 3 aromatic heterocycles. The van der Waals surface area contributed by atoms with E-state index in [1.54, 1.807) is 12.4 Å². The normalized spacial score (nSPS) is 15.8. The minimum absolute atomic E-state index is 0.00479. The maximum Gasteiger partial charge on any atom is 0.254 e. The SMILES string of the molecule is [2H]C([2H])([2H])NC(=O)c1cnc(Cl)cc1Nc1ncc2cnn(C3CC3)c2c1OC. The van der Waals surface area contributed by atoms with Crippen LogP contribution in [0.5, 0.6) is 5.75 Å². The molecule has 26 heavy (non-hydrogen) atoms. The molecule has 0 saturated heterocycles. The molecule has 1 aliphatic carbocycles. The van der Waals surface area contributed by atoms with E-state index in [0.717, 1.165) is 23.7 Å². The summed E-state index contributed by atoms with van der Waals surface area (Å²) in [6, 6.07) is 1.74. The molecule has 3 aromatic rings. The summed E-state index contributed by atoms with van der Waals surface area (Å²) in [5.74, 6) is -0.0191. The number of ether oxygens (including phenoxy) is 1. The first-order chi connectivity index (χ1) is 13.8. The van der Waals surface area contributed by atoms with E-state index in [9.17, 15) is 4.79 Å². The van der Waals surface area contributed by atoms with E-state index in [1.165, 1.54) is 19.4 Å². The molecule has 1 aliphatic rings. The summed E-state index contributed by atoms with van der Waals surface area (Å²) >= 11 is 5.99. The fraction of sp³-hybridized carbons (Fsp3) is 0.294. The summed E-state index contributed by atoms with van der Waals surface area (Å²) in [6.07, 6.45) is 6.67. The van der Waals surface area contributed by atoms with Crippen molar-refractivity contribution in [3.05, 3.63) is 35.4 Å².